The Morgan fingerprint density at radius 2 is 1.73 bits per heavy atom. The molecule has 3 heteroatoms. The Bertz CT molecular complexity index is 230. The Morgan fingerprint density at radius 1 is 1.27 bits per heavy atom. The maximum atomic E-state index is 11.8. The van der Waals surface area contributed by atoms with E-state index in [2.05, 4.69) is 26.1 Å². The molecule has 0 radical (unpaired) electrons. The number of nitriles is 1. The van der Waals surface area contributed by atoms with Gasteiger partial charge in [0.25, 0.3) is 0 Å². The van der Waals surface area contributed by atoms with Crippen LogP contribution in [0.2, 0.25) is 0 Å². The first-order chi connectivity index (χ1) is 7.09. The van der Waals surface area contributed by atoms with E-state index in [0.717, 1.165) is 19.3 Å². The van der Waals surface area contributed by atoms with Gasteiger partial charge < -0.3 is 5.32 Å². The van der Waals surface area contributed by atoms with Gasteiger partial charge >= 0.3 is 0 Å². The van der Waals surface area contributed by atoms with E-state index in [1.165, 1.54) is 0 Å². The van der Waals surface area contributed by atoms with E-state index < -0.39 is 5.92 Å². The summed E-state index contributed by atoms with van der Waals surface area (Å²) >= 11 is 0. The Kier molecular flexibility index (Phi) is 6.00. The quantitative estimate of drug-likeness (QED) is 0.732. The summed E-state index contributed by atoms with van der Waals surface area (Å²) in [5, 5.41) is 11.8. The normalized spacial score (nSPS) is 13.0. The van der Waals surface area contributed by atoms with Crippen molar-refractivity contribution in [3.05, 3.63) is 0 Å². The lowest BCUT2D eigenvalue weighted by molar-refractivity contribution is -0.125. The van der Waals surface area contributed by atoms with Crippen LogP contribution >= 0.6 is 0 Å². The van der Waals surface area contributed by atoms with Gasteiger partial charge in [-0.3, -0.25) is 4.79 Å². The SMILES string of the molecule is CCC(C#N)C(=O)NC(CC)(CC)CC. The highest BCUT2D eigenvalue weighted by atomic mass is 16.2. The number of carbonyl (C=O) groups excluding carboxylic acids is 1. The highest BCUT2D eigenvalue weighted by Gasteiger charge is 2.28. The molecular formula is C12H22N2O. The lowest BCUT2D eigenvalue weighted by atomic mass is 9.89. The zero-order chi connectivity index (χ0) is 11.9. The topological polar surface area (TPSA) is 52.9 Å². The van der Waals surface area contributed by atoms with Gasteiger partial charge in [-0.25, -0.2) is 0 Å². The summed E-state index contributed by atoms with van der Waals surface area (Å²) in [6.07, 6.45) is 3.31. The second-order valence-electron chi connectivity index (χ2n) is 3.92. The summed E-state index contributed by atoms with van der Waals surface area (Å²) in [5.41, 5.74) is -0.124. The van der Waals surface area contributed by atoms with Crippen molar-refractivity contribution in [2.45, 2.75) is 58.9 Å². The van der Waals surface area contributed by atoms with Crippen LogP contribution in [0.4, 0.5) is 0 Å². The number of hydrogen-bond acceptors (Lipinski definition) is 2. The van der Waals surface area contributed by atoms with Crippen LogP contribution in [0.25, 0.3) is 0 Å². The van der Waals surface area contributed by atoms with Gasteiger partial charge in [-0.2, -0.15) is 5.26 Å². The molecule has 0 aromatic carbocycles. The molecule has 0 spiro atoms. The van der Waals surface area contributed by atoms with E-state index in [9.17, 15) is 4.79 Å². The molecule has 0 saturated carbocycles. The highest BCUT2D eigenvalue weighted by Crippen LogP contribution is 2.20. The molecule has 1 atom stereocenters. The van der Waals surface area contributed by atoms with Gasteiger partial charge in [-0.1, -0.05) is 27.7 Å². The van der Waals surface area contributed by atoms with Gasteiger partial charge in [0.05, 0.1) is 6.07 Å². The Labute approximate surface area is 92.9 Å². The molecule has 3 nitrogen and oxygen atoms in total. The summed E-state index contributed by atoms with van der Waals surface area (Å²) in [5.74, 6) is -0.625. The van der Waals surface area contributed by atoms with Gasteiger partial charge in [0, 0.05) is 5.54 Å². The zero-order valence-electron chi connectivity index (χ0n) is 10.3. The number of carbonyl (C=O) groups is 1. The van der Waals surface area contributed by atoms with Crippen LogP contribution in [0.15, 0.2) is 0 Å². The molecule has 1 unspecified atom stereocenters. The molecule has 0 heterocycles. The number of nitrogens with zero attached hydrogens (tertiary/aromatic N) is 1. The van der Waals surface area contributed by atoms with Crippen LogP contribution in [-0.2, 0) is 4.79 Å². The lowest BCUT2D eigenvalue weighted by Crippen LogP contribution is -2.49. The summed E-state index contributed by atoms with van der Waals surface area (Å²) in [6, 6.07) is 2.03. The predicted octanol–water partition coefficient (Wildman–Crippen LogP) is 2.62. The third-order valence-corrected chi connectivity index (χ3v) is 3.30. The fraction of sp³-hybridized carbons (Fsp3) is 0.833. The molecule has 15 heavy (non-hydrogen) atoms. The highest BCUT2D eigenvalue weighted by molar-refractivity contribution is 5.81. The van der Waals surface area contributed by atoms with Crippen molar-refractivity contribution in [3.63, 3.8) is 0 Å². The van der Waals surface area contributed by atoms with E-state index in [1.807, 2.05) is 13.0 Å². The maximum absolute atomic E-state index is 11.8. The minimum Gasteiger partial charge on any atom is -0.350 e. The predicted molar refractivity (Wildman–Crippen MR) is 61.1 cm³/mol. The molecule has 1 amide bonds. The third-order valence-electron chi connectivity index (χ3n) is 3.30. The molecule has 0 aliphatic heterocycles. The van der Waals surface area contributed by atoms with Crippen molar-refractivity contribution < 1.29 is 4.79 Å². The molecule has 0 aliphatic rings. The molecule has 0 fully saturated rings. The van der Waals surface area contributed by atoms with Gasteiger partial charge in [-0.15, -0.1) is 0 Å². The molecule has 0 bridgehead atoms. The van der Waals surface area contributed by atoms with Crippen molar-refractivity contribution in [2.24, 2.45) is 5.92 Å². The number of hydrogen-bond donors (Lipinski definition) is 1. The van der Waals surface area contributed by atoms with Crippen molar-refractivity contribution in [2.75, 3.05) is 0 Å². The van der Waals surface area contributed by atoms with Gasteiger partial charge in [0.1, 0.15) is 5.92 Å². The van der Waals surface area contributed by atoms with E-state index in [1.54, 1.807) is 0 Å². The van der Waals surface area contributed by atoms with Crippen LogP contribution in [0, 0.1) is 17.2 Å². The van der Waals surface area contributed by atoms with Crippen LogP contribution in [0.5, 0.6) is 0 Å². The first kappa shape index (κ1) is 14.0. The van der Waals surface area contributed by atoms with Crippen LogP contribution in [0.1, 0.15) is 53.4 Å². The number of rotatable bonds is 6. The molecule has 0 saturated heterocycles. The van der Waals surface area contributed by atoms with Crippen molar-refractivity contribution in [3.8, 4) is 6.07 Å². The second-order valence-corrected chi connectivity index (χ2v) is 3.92. The van der Waals surface area contributed by atoms with Crippen molar-refractivity contribution >= 4 is 5.91 Å². The Balaban J connectivity index is 4.55. The average Bonchev–Trinajstić information content (AvgIpc) is 2.28. The average molecular weight is 210 g/mol. The summed E-state index contributed by atoms with van der Waals surface area (Å²) in [7, 11) is 0. The standard InChI is InChI=1S/C12H22N2O/c1-5-10(9-13)11(15)14-12(6-2,7-3)8-4/h10H,5-8H2,1-4H3,(H,14,15). The fourth-order valence-electron chi connectivity index (χ4n) is 1.70. The van der Waals surface area contributed by atoms with Crippen molar-refractivity contribution in [1.29, 1.82) is 5.26 Å². The van der Waals surface area contributed by atoms with Gasteiger partial charge in [0.2, 0.25) is 5.91 Å². The Hall–Kier alpha value is -1.04. The fourth-order valence-corrected chi connectivity index (χ4v) is 1.70. The van der Waals surface area contributed by atoms with E-state index in [-0.39, 0.29) is 11.4 Å². The minimum atomic E-state index is -0.506. The molecule has 0 aliphatic carbocycles. The zero-order valence-corrected chi connectivity index (χ0v) is 10.3. The lowest BCUT2D eigenvalue weighted by Gasteiger charge is -2.32. The smallest absolute Gasteiger partial charge is 0.237 e. The first-order valence-electron chi connectivity index (χ1n) is 5.80. The number of amides is 1. The monoisotopic (exact) mass is 210 g/mol. The summed E-state index contributed by atoms with van der Waals surface area (Å²) in [6.45, 7) is 8.07. The van der Waals surface area contributed by atoms with Crippen molar-refractivity contribution in [1.82, 2.24) is 5.32 Å². The Morgan fingerprint density at radius 3 is 2.00 bits per heavy atom. The maximum Gasteiger partial charge on any atom is 0.237 e. The van der Waals surface area contributed by atoms with Crippen LogP contribution < -0.4 is 5.32 Å². The van der Waals surface area contributed by atoms with E-state index >= 15 is 0 Å². The van der Waals surface area contributed by atoms with Crippen LogP contribution in [-0.4, -0.2) is 11.4 Å². The largest absolute Gasteiger partial charge is 0.350 e. The minimum absolute atomic E-state index is 0.120. The summed E-state index contributed by atoms with van der Waals surface area (Å²) in [4.78, 5) is 11.8. The second kappa shape index (κ2) is 6.44. The summed E-state index contributed by atoms with van der Waals surface area (Å²) < 4.78 is 0. The number of nitrogens with one attached hydrogen (secondary N) is 1. The molecule has 0 aromatic heterocycles. The van der Waals surface area contributed by atoms with E-state index in [4.69, 9.17) is 5.26 Å². The van der Waals surface area contributed by atoms with Crippen LogP contribution in [0.3, 0.4) is 0 Å². The molecule has 0 rings (SSSR count). The molecule has 0 aromatic rings. The first-order valence-corrected chi connectivity index (χ1v) is 5.80. The van der Waals surface area contributed by atoms with Gasteiger partial charge in [-0.05, 0) is 25.7 Å². The molecule has 86 valence electrons. The third kappa shape index (κ3) is 3.54. The van der Waals surface area contributed by atoms with Gasteiger partial charge in [0.15, 0.2) is 0 Å². The molecule has 1 N–H and O–H groups in total. The van der Waals surface area contributed by atoms with E-state index in [0.29, 0.717) is 6.42 Å². The molecular weight excluding hydrogens is 188 g/mol.